The van der Waals surface area contributed by atoms with Gasteiger partial charge in [0.2, 0.25) is 0 Å². The van der Waals surface area contributed by atoms with E-state index in [4.69, 9.17) is 4.74 Å². The number of hydrogen-bond acceptors (Lipinski definition) is 2. The van der Waals surface area contributed by atoms with Crippen LogP contribution in [-0.4, -0.2) is 11.7 Å². The van der Waals surface area contributed by atoms with Crippen molar-refractivity contribution in [2.45, 2.75) is 38.2 Å². The van der Waals surface area contributed by atoms with Crippen LogP contribution in [0.15, 0.2) is 10.5 Å². The van der Waals surface area contributed by atoms with Gasteiger partial charge in [0.05, 0.1) is 12.7 Å². The molecule has 0 radical (unpaired) electrons. The number of fused-ring (bicyclic) bond motifs is 3. The predicted molar refractivity (Wildman–Crippen MR) is 65.9 cm³/mol. The Bertz CT molecular complexity index is 465. The average Bonchev–Trinajstić information content (AvgIpc) is 2.68. The molecule has 0 amide bonds. The van der Waals surface area contributed by atoms with Gasteiger partial charge in [-0.1, -0.05) is 29.8 Å². The van der Waals surface area contributed by atoms with Gasteiger partial charge in [0, 0.05) is 22.0 Å². The van der Waals surface area contributed by atoms with Crippen molar-refractivity contribution in [2.24, 2.45) is 0 Å². The molecule has 3 heteroatoms. The van der Waals surface area contributed by atoms with Crippen LogP contribution in [0.25, 0.3) is 0 Å². The molecule has 0 fully saturated rings. The number of ether oxygens (including phenoxy) is 1. The lowest BCUT2D eigenvalue weighted by molar-refractivity contribution is 0.161. The molecular formula is C13H15BrO2. The van der Waals surface area contributed by atoms with E-state index < -0.39 is 0 Å². The molecule has 0 saturated heterocycles. The van der Waals surface area contributed by atoms with E-state index in [0.29, 0.717) is 0 Å². The molecule has 0 unspecified atom stereocenters. The molecule has 16 heavy (non-hydrogen) atoms. The zero-order chi connectivity index (χ0) is 11.5. The molecule has 2 nitrogen and oxygen atoms in total. The van der Waals surface area contributed by atoms with Gasteiger partial charge in [-0.15, -0.1) is 0 Å². The number of benzene rings is 1. The van der Waals surface area contributed by atoms with Crippen LogP contribution in [0.5, 0.6) is 5.75 Å². The van der Waals surface area contributed by atoms with Gasteiger partial charge in [-0.25, -0.2) is 0 Å². The Morgan fingerprint density at radius 2 is 2.25 bits per heavy atom. The summed E-state index contributed by atoms with van der Waals surface area (Å²) in [5.74, 6) is 1.03. The largest absolute Gasteiger partial charge is 0.493 e. The Kier molecular flexibility index (Phi) is 2.14. The quantitative estimate of drug-likeness (QED) is 0.792. The molecule has 0 spiro atoms. The molecule has 0 aromatic heterocycles. The van der Waals surface area contributed by atoms with Crippen molar-refractivity contribution in [3.63, 3.8) is 0 Å². The molecule has 1 heterocycles. The highest BCUT2D eigenvalue weighted by atomic mass is 79.9. The average molecular weight is 283 g/mol. The van der Waals surface area contributed by atoms with Gasteiger partial charge in [0.25, 0.3) is 0 Å². The lowest BCUT2D eigenvalue weighted by Gasteiger charge is -2.21. The zero-order valence-electron chi connectivity index (χ0n) is 9.51. The van der Waals surface area contributed by atoms with Gasteiger partial charge < -0.3 is 9.84 Å². The maximum Gasteiger partial charge on any atom is 0.126 e. The van der Waals surface area contributed by atoms with E-state index in [0.717, 1.165) is 35.2 Å². The van der Waals surface area contributed by atoms with E-state index in [9.17, 15) is 5.11 Å². The molecule has 0 bridgehead atoms. The Labute approximate surface area is 104 Å². The van der Waals surface area contributed by atoms with Crippen LogP contribution in [0.1, 0.15) is 43.1 Å². The van der Waals surface area contributed by atoms with Crippen LogP contribution in [0, 0.1) is 0 Å². The Morgan fingerprint density at radius 1 is 1.50 bits per heavy atom. The van der Waals surface area contributed by atoms with Gasteiger partial charge in [-0.2, -0.15) is 0 Å². The maximum atomic E-state index is 10.1. The van der Waals surface area contributed by atoms with Crippen molar-refractivity contribution in [2.75, 3.05) is 6.61 Å². The molecule has 1 atom stereocenters. The van der Waals surface area contributed by atoms with Gasteiger partial charge in [0.1, 0.15) is 5.75 Å². The Balaban J connectivity index is 2.33. The second kappa shape index (κ2) is 3.23. The number of hydrogen-bond donors (Lipinski definition) is 1. The second-order valence-corrected chi connectivity index (χ2v) is 6.19. The van der Waals surface area contributed by atoms with E-state index in [1.54, 1.807) is 0 Å². The second-order valence-electron chi connectivity index (χ2n) is 5.34. The molecule has 1 aliphatic heterocycles. The topological polar surface area (TPSA) is 29.5 Å². The van der Waals surface area contributed by atoms with Crippen LogP contribution >= 0.6 is 15.9 Å². The van der Waals surface area contributed by atoms with Crippen molar-refractivity contribution < 1.29 is 9.84 Å². The fraction of sp³-hybridized carbons (Fsp3) is 0.538. The molecule has 0 saturated carbocycles. The predicted octanol–water partition coefficient (Wildman–Crippen LogP) is 3.10. The summed E-state index contributed by atoms with van der Waals surface area (Å²) in [7, 11) is 0. The van der Waals surface area contributed by atoms with E-state index in [2.05, 4.69) is 35.8 Å². The Hall–Kier alpha value is -0.540. The first kappa shape index (κ1) is 10.6. The first-order valence-electron chi connectivity index (χ1n) is 5.67. The molecule has 1 aromatic carbocycles. The van der Waals surface area contributed by atoms with Gasteiger partial charge >= 0.3 is 0 Å². The molecule has 1 N–H and O–H groups in total. The summed E-state index contributed by atoms with van der Waals surface area (Å²) in [5.41, 5.74) is 3.52. The lowest BCUT2D eigenvalue weighted by atomic mass is 9.85. The third-order valence-electron chi connectivity index (χ3n) is 3.68. The Morgan fingerprint density at radius 3 is 3.00 bits per heavy atom. The number of aliphatic hydroxyl groups excluding tert-OH is 1. The monoisotopic (exact) mass is 282 g/mol. The van der Waals surface area contributed by atoms with E-state index in [1.165, 1.54) is 11.1 Å². The minimum Gasteiger partial charge on any atom is -0.493 e. The third kappa shape index (κ3) is 1.28. The van der Waals surface area contributed by atoms with Crippen molar-refractivity contribution in [3.05, 3.63) is 27.2 Å². The van der Waals surface area contributed by atoms with Gasteiger partial charge in [-0.3, -0.25) is 0 Å². The van der Waals surface area contributed by atoms with Crippen LogP contribution < -0.4 is 4.74 Å². The first-order valence-corrected chi connectivity index (χ1v) is 6.46. The molecule has 86 valence electrons. The number of halogens is 1. The molecule has 1 aliphatic carbocycles. The number of rotatable bonds is 0. The van der Waals surface area contributed by atoms with Crippen molar-refractivity contribution in [1.29, 1.82) is 0 Å². The van der Waals surface area contributed by atoms with Crippen LogP contribution in [0.3, 0.4) is 0 Å². The highest BCUT2D eigenvalue weighted by Gasteiger charge is 2.41. The van der Waals surface area contributed by atoms with Crippen molar-refractivity contribution in [3.8, 4) is 5.75 Å². The molecule has 1 aromatic rings. The van der Waals surface area contributed by atoms with E-state index in [1.807, 2.05) is 0 Å². The van der Waals surface area contributed by atoms with Gasteiger partial charge in [-0.05, 0) is 23.5 Å². The summed E-state index contributed by atoms with van der Waals surface area (Å²) < 4.78 is 6.78. The lowest BCUT2D eigenvalue weighted by Crippen LogP contribution is -2.13. The highest BCUT2D eigenvalue weighted by Crippen LogP contribution is 2.53. The minimum absolute atomic E-state index is 0.00690. The van der Waals surface area contributed by atoms with Crippen LogP contribution in [-0.2, 0) is 11.8 Å². The summed E-state index contributed by atoms with van der Waals surface area (Å²) in [6, 6.07) is 2.10. The van der Waals surface area contributed by atoms with Crippen LogP contribution in [0.4, 0.5) is 0 Å². The first-order chi connectivity index (χ1) is 7.50. The minimum atomic E-state index is -0.367. The standard InChI is InChI=1S/C13H15BrO2/c1-13(2)6-9(15)10-8(14)5-7-3-4-16-12(7)11(10)13/h5,9,15H,3-4,6H2,1-2H3/t9-/m0/s1. The molecule has 2 aliphatic rings. The summed E-state index contributed by atoms with van der Waals surface area (Å²) >= 11 is 3.58. The van der Waals surface area contributed by atoms with Gasteiger partial charge in [0.15, 0.2) is 0 Å². The van der Waals surface area contributed by atoms with Crippen molar-refractivity contribution >= 4 is 15.9 Å². The smallest absolute Gasteiger partial charge is 0.126 e. The maximum absolute atomic E-state index is 10.1. The fourth-order valence-corrected chi connectivity index (χ4v) is 3.74. The number of aliphatic hydroxyl groups is 1. The molecular weight excluding hydrogens is 268 g/mol. The summed E-state index contributed by atoms with van der Waals surface area (Å²) in [6.07, 6.45) is 1.39. The zero-order valence-corrected chi connectivity index (χ0v) is 11.1. The summed E-state index contributed by atoms with van der Waals surface area (Å²) in [5, 5.41) is 10.1. The normalized spacial score (nSPS) is 25.1. The molecule has 3 rings (SSSR count). The SMILES string of the molecule is CC1(C)C[C@H](O)c2c(Br)cc3c(c21)OCC3. The summed E-state index contributed by atoms with van der Waals surface area (Å²) in [4.78, 5) is 0. The van der Waals surface area contributed by atoms with E-state index in [-0.39, 0.29) is 11.5 Å². The highest BCUT2D eigenvalue weighted by molar-refractivity contribution is 9.10. The third-order valence-corrected chi connectivity index (χ3v) is 4.33. The van der Waals surface area contributed by atoms with E-state index >= 15 is 0 Å². The summed E-state index contributed by atoms with van der Waals surface area (Å²) in [6.45, 7) is 5.12. The fourth-order valence-electron chi connectivity index (χ4n) is 3.00. The van der Waals surface area contributed by atoms with Crippen molar-refractivity contribution in [1.82, 2.24) is 0 Å². The van der Waals surface area contributed by atoms with Crippen LogP contribution in [0.2, 0.25) is 0 Å².